The molecule has 0 radical (unpaired) electrons. The Morgan fingerprint density at radius 3 is 2.69 bits per heavy atom. The van der Waals surface area contributed by atoms with Crippen LogP contribution in [0.15, 0.2) is 22.8 Å². The Bertz CT molecular complexity index is 350. The molecule has 2 rings (SSSR count). The minimum Gasteiger partial charge on any atom is -0.389 e. The number of rotatable bonds is 0. The van der Waals surface area contributed by atoms with E-state index in [0.717, 1.165) is 19.3 Å². The van der Waals surface area contributed by atoms with E-state index < -0.39 is 0 Å². The molecule has 0 amide bonds. The summed E-state index contributed by atoms with van der Waals surface area (Å²) < 4.78 is 0. The molecule has 0 aromatic rings. The Morgan fingerprint density at radius 2 is 2.00 bits per heavy atom. The van der Waals surface area contributed by atoms with Crippen LogP contribution in [0, 0.1) is 11.3 Å². The van der Waals surface area contributed by atoms with Gasteiger partial charge in [0.1, 0.15) is 0 Å². The van der Waals surface area contributed by atoms with Crippen molar-refractivity contribution >= 4 is 0 Å². The fourth-order valence-electron chi connectivity index (χ4n) is 3.34. The number of hydrogen-bond donors (Lipinski definition) is 1. The van der Waals surface area contributed by atoms with Gasteiger partial charge in [-0.05, 0) is 56.4 Å². The van der Waals surface area contributed by atoms with Crippen LogP contribution in [0.4, 0.5) is 0 Å². The molecular formula is C15H24O. The first-order valence-electron chi connectivity index (χ1n) is 6.49. The Labute approximate surface area is 99.3 Å². The van der Waals surface area contributed by atoms with Gasteiger partial charge < -0.3 is 5.11 Å². The third-order valence-corrected chi connectivity index (χ3v) is 4.97. The smallest absolute Gasteiger partial charge is 0.0753 e. The van der Waals surface area contributed by atoms with Crippen LogP contribution in [0.1, 0.15) is 53.4 Å². The zero-order chi connectivity index (χ0) is 11.9. The normalized spacial score (nSPS) is 40.2. The van der Waals surface area contributed by atoms with E-state index in [1.165, 1.54) is 23.1 Å². The van der Waals surface area contributed by atoms with Gasteiger partial charge in [-0.15, -0.1) is 0 Å². The van der Waals surface area contributed by atoms with Crippen LogP contribution in [0.5, 0.6) is 0 Å². The van der Waals surface area contributed by atoms with Crippen molar-refractivity contribution in [1.82, 2.24) is 0 Å². The Morgan fingerprint density at radius 1 is 1.31 bits per heavy atom. The monoisotopic (exact) mass is 220 g/mol. The van der Waals surface area contributed by atoms with Crippen molar-refractivity contribution in [2.75, 3.05) is 0 Å². The average molecular weight is 220 g/mol. The Kier molecular flexibility index (Phi) is 3.00. The highest BCUT2D eigenvalue weighted by Crippen LogP contribution is 2.50. The summed E-state index contributed by atoms with van der Waals surface area (Å²) in [5.74, 6) is 0.586. The number of hydrogen-bond acceptors (Lipinski definition) is 1. The van der Waals surface area contributed by atoms with Crippen LogP contribution in [-0.2, 0) is 0 Å². The molecule has 1 heteroatoms. The minimum absolute atomic E-state index is 0.198. The van der Waals surface area contributed by atoms with Crippen molar-refractivity contribution < 1.29 is 5.11 Å². The first-order valence-corrected chi connectivity index (χ1v) is 6.49. The molecule has 1 N–H and O–H groups in total. The van der Waals surface area contributed by atoms with Crippen molar-refractivity contribution in [3.05, 3.63) is 22.8 Å². The molecule has 0 bridgehead atoms. The first-order chi connectivity index (χ1) is 7.45. The molecule has 16 heavy (non-hydrogen) atoms. The molecule has 0 aromatic heterocycles. The lowest BCUT2D eigenvalue weighted by Crippen LogP contribution is -2.36. The van der Waals surface area contributed by atoms with Gasteiger partial charge in [-0.2, -0.15) is 0 Å². The first kappa shape index (κ1) is 11.9. The van der Waals surface area contributed by atoms with Gasteiger partial charge in [-0.3, -0.25) is 0 Å². The molecular weight excluding hydrogens is 196 g/mol. The van der Waals surface area contributed by atoms with E-state index in [4.69, 9.17) is 0 Å². The molecule has 0 heterocycles. The Balaban J connectivity index is 2.45. The third kappa shape index (κ3) is 1.75. The standard InChI is InChI=1S/C15H24O/c1-10-5-6-13-12(3)14(16)9-11(2)15(13,4)8-7-10/h7,11,14,16H,5-6,8-9H2,1-4H3. The fourth-order valence-corrected chi connectivity index (χ4v) is 3.34. The second kappa shape index (κ2) is 4.03. The summed E-state index contributed by atoms with van der Waals surface area (Å²) >= 11 is 0. The van der Waals surface area contributed by atoms with Gasteiger partial charge in [-0.1, -0.05) is 31.1 Å². The van der Waals surface area contributed by atoms with E-state index in [1.54, 1.807) is 0 Å². The highest BCUT2D eigenvalue weighted by Gasteiger charge is 2.41. The largest absolute Gasteiger partial charge is 0.389 e. The maximum atomic E-state index is 10.1. The zero-order valence-corrected chi connectivity index (χ0v) is 11.0. The molecule has 0 saturated carbocycles. The van der Waals surface area contributed by atoms with Crippen LogP contribution in [0.3, 0.4) is 0 Å². The molecule has 2 aliphatic carbocycles. The Hall–Kier alpha value is -0.560. The second-order valence-corrected chi connectivity index (χ2v) is 5.99. The lowest BCUT2D eigenvalue weighted by molar-refractivity contribution is 0.108. The fraction of sp³-hybridized carbons (Fsp3) is 0.733. The average Bonchev–Trinajstić information content (AvgIpc) is 2.38. The molecule has 1 nitrogen and oxygen atoms in total. The maximum absolute atomic E-state index is 10.1. The molecule has 0 spiro atoms. The molecule has 2 aliphatic rings. The molecule has 3 unspecified atom stereocenters. The predicted molar refractivity (Wildman–Crippen MR) is 68.2 cm³/mol. The molecule has 0 fully saturated rings. The molecule has 3 atom stereocenters. The SMILES string of the molecule is CC1=CCC2(C)C(=C(C)C(O)CC2C)CC1. The lowest BCUT2D eigenvalue weighted by atomic mass is 9.62. The number of allylic oxidation sites excluding steroid dienone is 3. The summed E-state index contributed by atoms with van der Waals surface area (Å²) in [6, 6.07) is 0. The van der Waals surface area contributed by atoms with Gasteiger partial charge in [0.05, 0.1) is 6.10 Å². The quantitative estimate of drug-likeness (QED) is 0.615. The van der Waals surface area contributed by atoms with Crippen LogP contribution in [0.2, 0.25) is 0 Å². The summed E-state index contributed by atoms with van der Waals surface area (Å²) in [6.45, 7) is 9.05. The van der Waals surface area contributed by atoms with Crippen molar-refractivity contribution in [1.29, 1.82) is 0 Å². The van der Waals surface area contributed by atoms with Crippen molar-refractivity contribution in [2.24, 2.45) is 11.3 Å². The highest BCUT2D eigenvalue weighted by atomic mass is 16.3. The van der Waals surface area contributed by atoms with Gasteiger partial charge in [0, 0.05) is 0 Å². The number of aliphatic hydroxyl groups is 1. The summed E-state index contributed by atoms with van der Waals surface area (Å²) in [4.78, 5) is 0. The molecule has 0 aliphatic heterocycles. The van der Waals surface area contributed by atoms with Crippen molar-refractivity contribution in [3.8, 4) is 0 Å². The summed E-state index contributed by atoms with van der Waals surface area (Å²) in [5.41, 5.74) is 4.59. The van der Waals surface area contributed by atoms with E-state index in [0.29, 0.717) is 11.3 Å². The predicted octanol–water partition coefficient (Wildman–Crippen LogP) is 3.84. The van der Waals surface area contributed by atoms with Gasteiger partial charge in [0.25, 0.3) is 0 Å². The molecule has 0 aromatic carbocycles. The van der Waals surface area contributed by atoms with Gasteiger partial charge >= 0.3 is 0 Å². The van der Waals surface area contributed by atoms with Gasteiger partial charge in [0.15, 0.2) is 0 Å². The van der Waals surface area contributed by atoms with E-state index in [1.807, 2.05) is 0 Å². The maximum Gasteiger partial charge on any atom is 0.0753 e. The number of aliphatic hydroxyl groups excluding tert-OH is 1. The van der Waals surface area contributed by atoms with E-state index in [2.05, 4.69) is 33.8 Å². The topological polar surface area (TPSA) is 20.2 Å². The van der Waals surface area contributed by atoms with Crippen LogP contribution in [-0.4, -0.2) is 11.2 Å². The van der Waals surface area contributed by atoms with Crippen LogP contribution < -0.4 is 0 Å². The van der Waals surface area contributed by atoms with E-state index in [-0.39, 0.29) is 6.10 Å². The van der Waals surface area contributed by atoms with Crippen molar-refractivity contribution in [3.63, 3.8) is 0 Å². The molecule has 0 saturated heterocycles. The van der Waals surface area contributed by atoms with E-state index >= 15 is 0 Å². The summed E-state index contributed by atoms with van der Waals surface area (Å²) in [5, 5.41) is 10.1. The lowest BCUT2D eigenvalue weighted by Gasteiger charge is -2.44. The zero-order valence-electron chi connectivity index (χ0n) is 11.0. The second-order valence-electron chi connectivity index (χ2n) is 5.99. The van der Waals surface area contributed by atoms with Crippen LogP contribution >= 0.6 is 0 Å². The van der Waals surface area contributed by atoms with Crippen LogP contribution in [0.25, 0.3) is 0 Å². The minimum atomic E-state index is -0.198. The highest BCUT2D eigenvalue weighted by molar-refractivity contribution is 5.31. The molecule has 90 valence electrons. The summed E-state index contributed by atoms with van der Waals surface area (Å²) in [7, 11) is 0. The van der Waals surface area contributed by atoms with E-state index in [9.17, 15) is 5.11 Å². The third-order valence-electron chi connectivity index (χ3n) is 4.97. The van der Waals surface area contributed by atoms with Gasteiger partial charge in [-0.25, -0.2) is 0 Å². The van der Waals surface area contributed by atoms with Crippen molar-refractivity contribution in [2.45, 2.75) is 59.5 Å². The number of fused-ring (bicyclic) bond motifs is 1. The summed E-state index contributed by atoms with van der Waals surface area (Å²) in [6.07, 6.45) is 6.61. The van der Waals surface area contributed by atoms with Gasteiger partial charge in [0.2, 0.25) is 0 Å².